The van der Waals surface area contributed by atoms with Crippen molar-refractivity contribution in [1.82, 2.24) is 19.5 Å². The summed E-state index contributed by atoms with van der Waals surface area (Å²) < 4.78 is 2.69. The topological polar surface area (TPSA) is 110 Å². The Bertz CT molecular complexity index is 1440. The zero-order chi connectivity index (χ0) is 22.9. The monoisotopic (exact) mass is 525 g/mol. The van der Waals surface area contributed by atoms with E-state index in [0.29, 0.717) is 29.5 Å². The summed E-state index contributed by atoms with van der Waals surface area (Å²) in [6.07, 6.45) is 6.98. The van der Waals surface area contributed by atoms with Crippen molar-refractivity contribution in [3.8, 4) is 0 Å². The number of allylic oxidation sites excluding steroid dienone is 1. The van der Waals surface area contributed by atoms with E-state index in [1.54, 1.807) is 0 Å². The van der Waals surface area contributed by atoms with Crippen LogP contribution in [0.4, 0.5) is 5.82 Å². The van der Waals surface area contributed by atoms with Crippen molar-refractivity contribution in [3.63, 3.8) is 0 Å². The van der Waals surface area contributed by atoms with Gasteiger partial charge in [0.2, 0.25) is 0 Å². The Morgan fingerprint density at radius 2 is 2.00 bits per heavy atom. The first kappa shape index (κ1) is 21.0. The fraction of sp³-hybridized carbons (Fsp3) is 0.292. The van der Waals surface area contributed by atoms with Crippen LogP contribution < -0.4 is 5.73 Å². The normalized spacial score (nSPS) is 29.1. The van der Waals surface area contributed by atoms with Crippen molar-refractivity contribution in [2.24, 2.45) is 5.41 Å². The number of nitrogens with two attached hydrogens (primary N) is 1. The van der Waals surface area contributed by atoms with Crippen molar-refractivity contribution >= 4 is 55.3 Å². The van der Waals surface area contributed by atoms with E-state index in [2.05, 4.69) is 55.2 Å². The van der Waals surface area contributed by atoms with Crippen LogP contribution in [0.3, 0.4) is 0 Å². The quantitative estimate of drug-likeness (QED) is 0.264. The average molecular weight is 527 g/mol. The van der Waals surface area contributed by atoms with Gasteiger partial charge in [0.05, 0.1) is 27.5 Å². The number of nitrogens with zero attached hydrogens (tertiary/aromatic N) is 4. The summed E-state index contributed by atoms with van der Waals surface area (Å²) in [4.78, 5) is 12.9. The molecule has 4 N–H and O–H groups in total. The van der Waals surface area contributed by atoms with Crippen molar-refractivity contribution < 1.29 is 10.2 Å². The Morgan fingerprint density at radius 3 is 2.85 bits per heavy atom. The van der Waals surface area contributed by atoms with Crippen LogP contribution in [-0.4, -0.2) is 41.9 Å². The number of hydrogen-bond acceptors (Lipinski definition) is 6. The van der Waals surface area contributed by atoms with Crippen molar-refractivity contribution in [2.45, 2.75) is 37.0 Å². The Morgan fingerprint density at radius 1 is 1.15 bits per heavy atom. The Labute approximate surface area is 203 Å². The second-order valence-corrected chi connectivity index (χ2v) is 10.3. The van der Waals surface area contributed by atoms with E-state index >= 15 is 0 Å². The van der Waals surface area contributed by atoms with Gasteiger partial charge in [-0.2, -0.15) is 0 Å². The molecule has 1 fully saturated rings. The molecule has 9 heteroatoms. The van der Waals surface area contributed by atoms with Crippen LogP contribution in [0.2, 0.25) is 5.15 Å². The SMILES string of the molecule is Nc1nc2cc([C@H]3C=C[C@@]4(C[C@@H](n5ccc6c(Cl)ncnc65)[C@H](O)[C@@H]4O)C3)ccc2cc1Br. The lowest BCUT2D eigenvalue weighted by Gasteiger charge is -2.27. The Hall–Kier alpha value is -2.52. The molecule has 0 radical (unpaired) electrons. The van der Waals surface area contributed by atoms with E-state index in [4.69, 9.17) is 17.3 Å². The highest BCUT2D eigenvalue weighted by Gasteiger charge is 2.54. The second-order valence-electron chi connectivity index (χ2n) is 9.04. The highest BCUT2D eigenvalue weighted by molar-refractivity contribution is 9.10. The molecule has 0 unspecified atom stereocenters. The van der Waals surface area contributed by atoms with Crippen molar-refractivity contribution in [1.29, 1.82) is 0 Å². The van der Waals surface area contributed by atoms with Crippen molar-refractivity contribution in [3.05, 3.63) is 70.2 Å². The van der Waals surface area contributed by atoms with Crippen LogP contribution in [0, 0.1) is 5.41 Å². The lowest BCUT2D eigenvalue weighted by atomic mass is 9.80. The lowest BCUT2D eigenvalue weighted by molar-refractivity contribution is -0.0129. The molecule has 0 bridgehead atoms. The molecule has 1 aromatic carbocycles. The number of anilines is 1. The molecular weight excluding hydrogens is 506 g/mol. The van der Waals surface area contributed by atoms with Gasteiger partial charge in [-0.15, -0.1) is 0 Å². The number of halogens is 2. The third kappa shape index (κ3) is 3.19. The molecule has 168 valence electrons. The van der Waals surface area contributed by atoms with Gasteiger partial charge in [0.1, 0.15) is 29.0 Å². The Balaban J connectivity index is 1.31. The van der Waals surface area contributed by atoms with E-state index < -0.39 is 17.6 Å². The van der Waals surface area contributed by atoms with Crippen LogP contribution in [-0.2, 0) is 0 Å². The summed E-state index contributed by atoms with van der Waals surface area (Å²) in [5.74, 6) is 0.568. The summed E-state index contributed by atoms with van der Waals surface area (Å²) in [7, 11) is 0. The van der Waals surface area contributed by atoms with E-state index in [0.717, 1.165) is 26.3 Å². The van der Waals surface area contributed by atoms with Gasteiger partial charge in [0, 0.05) is 22.9 Å². The summed E-state index contributed by atoms with van der Waals surface area (Å²) in [5, 5.41) is 24.3. The van der Waals surface area contributed by atoms with Gasteiger partial charge < -0.3 is 20.5 Å². The van der Waals surface area contributed by atoms with E-state index in [9.17, 15) is 10.2 Å². The van der Waals surface area contributed by atoms with Crippen molar-refractivity contribution in [2.75, 3.05) is 5.73 Å². The minimum Gasteiger partial charge on any atom is -0.389 e. The summed E-state index contributed by atoms with van der Waals surface area (Å²) in [5.41, 5.74) is 8.06. The standard InChI is InChI=1S/C24H21BrClN5O2/c25-16-7-13-2-1-12(8-17(13)30-22(16)27)14-3-5-24(9-14)10-18(19(32)20(24)33)31-6-4-15-21(26)28-11-29-23(15)31/h1-8,11,14,18-20,32-33H,9-10H2,(H2,27,30)/t14-,18+,19-,20-,24-/m0/s1. The van der Waals surface area contributed by atoms with Gasteiger partial charge in [0.15, 0.2) is 0 Å². The highest BCUT2D eigenvalue weighted by Crippen LogP contribution is 2.55. The maximum Gasteiger partial charge on any atom is 0.145 e. The number of benzene rings is 1. The summed E-state index contributed by atoms with van der Waals surface area (Å²) in [6, 6.07) is 9.68. The van der Waals surface area contributed by atoms with E-state index in [-0.39, 0.29) is 12.0 Å². The average Bonchev–Trinajstić information content (AvgIpc) is 3.48. The number of aliphatic hydroxyl groups excluding tert-OH is 2. The lowest BCUT2D eigenvalue weighted by Crippen LogP contribution is -2.34. The molecule has 33 heavy (non-hydrogen) atoms. The molecule has 2 aliphatic rings. The number of fused-ring (bicyclic) bond motifs is 2. The molecule has 1 saturated carbocycles. The fourth-order valence-electron chi connectivity index (χ4n) is 5.51. The molecule has 0 amide bonds. The van der Waals surface area contributed by atoms with Gasteiger partial charge in [-0.1, -0.05) is 35.9 Å². The van der Waals surface area contributed by atoms with Crippen LogP contribution >= 0.6 is 27.5 Å². The molecular formula is C24H21BrClN5O2. The van der Waals surface area contributed by atoms with Gasteiger partial charge >= 0.3 is 0 Å². The van der Waals surface area contributed by atoms with Crippen LogP contribution in [0.5, 0.6) is 0 Å². The van der Waals surface area contributed by atoms with Crippen LogP contribution in [0.25, 0.3) is 21.9 Å². The third-order valence-electron chi connectivity index (χ3n) is 7.22. The van der Waals surface area contributed by atoms with Gasteiger partial charge in [0.25, 0.3) is 0 Å². The molecule has 0 aliphatic heterocycles. The first-order valence-electron chi connectivity index (χ1n) is 10.7. The van der Waals surface area contributed by atoms with E-state index in [1.165, 1.54) is 6.33 Å². The summed E-state index contributed by atoms with van der Waals surface area (Å²) in [6.45, 7) is 0. The second kappa shape index (κ2) is 7.50. The van der Waals surface area contributed by atoms with Gasteiger partial charge in [-0.25, -0.2) is 15.0 Å². The molecule has 3 heterocycles. The zero-order valence-corrected chi connectivity index (χ0v) is 19.8. The number of aliphatic hydroxyl groups is 2. The Kier molecular flexibility index (Phi) is 4.78. The first-order valence-corrected chi connectivity index (χ1v) is 11.9. The number of aromatic nitrogens is 4. The number of nitrogen functional groups attached to an aromatic ring is 1. The molecule has 7 nitrogen and oxygen atoms in total. The number of rotatable bonds is 2. The number of hydrogen-bond donors (Lipinski definition) is 3. The smallest absolute Gasteiger partial charge is 0.145 e. The summed E-state index contributed by atoms with van der Waals surface area (Å²) >= 11 is 9.63. The predicted molar refractivity (Wildman–Crippen MR) is 131 cm³/mol. The van der Waals surface area contributed by atoms with E-state index in [1.807, 2.05) is 29.0 Å². The maximum absolute atomic E-state index is 11.1. The fourth-order valence-corrected chi connectivity index (χ4v) is 6.04. The molecule has 1 spiro atoms. The minimum absolute atomic E-state index is 0.111. The molecule has 3 aromatic heterocycles. The molecule has 4 aromatic rings. The van der Waals surface area contributed by atoms with Crippen LogP contribution in [0.1, 0.15) is 30.4 Å². The largest absolute Gasteiger partial charge is 0.389 e. The highest BCUT2D eigenvalue weighted by atomic mass is 79.9. The first-order chi connectivity index (χ1) is 15.9. The number of pyridine rings is 1. The van der Waals surface area contributed by atoms with Gasteiger partial charge in [-0.3, -0.25) is 0 Å². The molecule has 5 atom stereocenters. The molecule has 6 rings (SSSR count). The van der Waals surface area contributed by atoms with Gasteiger partial charge in [-0.05, 0) is 52.5 Å². The molecule has 0 saturated heterocycles. The minimum atomic E-state index is -0.923. The zero-order valence-electron chi connectivity index (χ0n) is 17.4. The molecule has 2 aliphatic carbocycles. The predicted octanol–water partition coefficient (Wildman–Crippen LogP) is 4.37. The third-order valence-corrected chi connectivity index (χ3v) is 8.16. The maximum atomic E-state index is 11.1. The van der Waals surface area contributed by atoms with Crippen LogP contribution in [0.15, 0.2) is 59.5 Å².